The maximum atomic E-state index is 12.4. The van der Waals surface area contributed by atoms with Crippen molar-refractivity contribution in [1.82, 2.24) is 0 Å². The highest BCUT2D eigenvalue weighted by atomic mass is 79.9. The zero-order valence-corrected chi connectivity index (χ0v) is 15.7. The molecule has 128 valence electrons. The molecule has 2 N–H and O–H groups in total. The summed E-state index contributed by atoms with van der Waals surface area (Å²) in [5.41, 5.74) is 1.18. The van der Waals surface area contributed by atoms with Gasteiger partial charge in [-0.2, -0.15) is 0 Å². The van der Waals surface area contributed by atoms with Gasteiger partial charge in [-0.05, 0) is 65.3 Å². The first-order valence-electron chi connectivity index (χ1n) is 9.03. The summed E-state index contributed by atoms with van der Waals surface area (Å²) in [6.45, 7) is 4.53. The second-order valence-electron chi connectivity index (χ2n) is 8.96. The van der Waals surface area contributed by atoms with E-state index in [4.69, 9.17) is 0 Å². The van der Waals surface area contributed by atoms with Crippen molar-refractivity contribution in [2.24, 2.45) is 28.6 Å². The Morgan fingerprint density at radius 3 is 2.48 bits per heavy atom. The smallest absolute Gasteiger partial charge is 0.166 e. The Bertz CT molecular complexity index is 595. The highest BCUT2D eigenvalue weighted by Crippen LogP contribution is 2.66. The molecule has 0 spiro atoms. The normalized spacial score (nSPS) is 48.7. The zero-order chi connectivity index (χ0) is 16.6. The number of carbonyl (C=O) groups excluding carboxylic acids is 1. The van der Waals surface area contributed by atoms with Gasteiger partial charge >= 0.3 is 0 Å². The maximum Gasteiger partial charge on any atom is 0.166 e. The van der Waals surface area contributed by atoms with Gasteiger partial charge in [0.25, 0.3) is 0 Å². The van der Waals surface area contributed by atoms with Crippen LogP contribution in [0.25, 0.3) is 0 Å². The van der Waals surface area contributed by atoms with Gasteiger partial charge in [-0.3, -0.25) is 4.79 Å². The Morgan fingerprint density at radius 2 is 1.74 bits per heavy atom. The fraction of sp³-hybridized carbons (Fsp3) is 0.842. The van der Waals surface area contributed by atoms with Crippen LogP contribution >= 0.6 is 15.9 Å². The molecule has 0 radical (unpaired) electrons. The summed E-state index contributed by atoms with van der Waals surface area (Å²) in [6, 6.07) is 0. The standard InChI is InChI=1S/C19H27BrO3/c1-17-7-8-19(22,23)10-14(17)15(20)9-11-12-3-4-16(21)18(12,2)6-5-13(11)17/h11-13,22-23H,3-10H2,1-2H3/t11-,12-,13-,17+,18-/m0/s1. The molecule has 0 aromatic carbocycles. The first-order valence-corrected chi connectivity index (χ1v) is 9.83. The Hall–Kier alpha value is -0.190. The van der Waals surface area contributed by atoms with Crippen LogP contribution in [0.3, 0.4) is 0 Å². The van der Waals surface area contributed by atoms with Crippen LogP contribution in [0.2, 0.25) is 0 Å². The average molecular weight is 383 g/mol. The van der Waals surface area contributed by atoms with E-state index < -0.39 is 5.79 Å². The Morgan fingerprint density at radius 1 is 1.04 bits per heavy atom. The number of carbonyl (C=O) groups is 1. The first-order chi connectivity index (χ1) is 10.7. The largest absolute Gasteiger partial charge is 0.365 e. The van der Waals surface area contributed by atoms with Crippen LogP contribution < -0.4 is 0 Å². The van der Waals surface area contributed by atoms with Gasteiger partial charge in [-0.15, -0.1) is 0 Å². The van der Waals surface area contributed by atoms with Gasteiger partial charge in [0.1, 0.15) is 5.78 Å². The van der Waals surface area contributed by atoms with Crippen LogP contribution in [0.15, 0.2) is 10.1 Å². The minimum absolute atomic E-state index is 0.0592. The van der Waals surface area contributed by atoms with Crippen molar-refractivity contribution in [2.45, 2.75) is 71.0 Å². The molecule has 23 heavy (non-hydrogen) atoms. The quantitative estimate of drug-likeness (QED) is 0.624. The lowest BCUT2D eigenvalue weighted by Gasteiger charge is -2.58. The van der Waals surface area contributed by atoms with Gasteiger partial charge < -0.3 is 10.2 Å². The number of aliphatic hydroxyl groups is 2. The molecule has 5 atom stereocenters. The number of hydrogen-bond acceptors (Lipinski definition) is 3. The molecule has 0 aliphatic heterocycles. The van der Waals surface area contributed by atoms with E-state index in [1.807, 2.05) is 0 Å². The molecule has 0 aromatic heterocycles. The molecule has 3 fully saturated rings. The molecule has 0 saturated heterocycles. The Kier molecular flexibility index (Phi) is 3.48. The summed E-state index contributed by atoms with van der Waals surface area (Å²) in [5.74, 6) is 0.583. The van der Waals surface area contributed by atoms with E-state index in [-0.39, 0.29) is 10.8 Å². The lowest BCUT2D eigenvalue weighted by atomic mass is 9.48. The highest BCUT2D eigenvalue weighted by molar-refractivity contribution is 9.11. The Balaban J connectivity index is 1.74. The monoisotopic (exact) mass is 382 g/mol. The topological polar surface area (TPSA) is 57.5 Å². The van der Waals surface area contributed by atoms with Gasteiger partial charge in [0, 0.05) is 24.7 Å². The summed E-state index contributed by atoms with van der Waals surface area (Å²) in [4.78, 5) is 12.4. The van der Waals surface area contributed by atoms with Gasteiger partial charge in [0.05, 0.1) is 0 Å². The zero-order valence-electron chi connectivity index (χ0n) is 14.1. The van der Waals surface area contributed by atoms with Gasteiger partial charge in [0.15, 0.2) is 5.79 Å². The van der Waals surface area contributed by atoms with Gasteiger partial charge in [-0.1, -0.05) is 29.8 Å². The number of halogens is 1. The average Bonchev–Trinajstić information content (AvgIpc) is 2.77. The number of ketones is 1. The van der Waals surface area contributed by atoms with Crippen molar-refractivity contribution < 1.29 is 15.0 Å². The molecule has 3 saturated carbocycles. The molecule has 0 unspecified atom stereocenters. The van der Waals surface area contributed by atoms with Crippen molar-refractivity contribution in [3.05, 3.63) is 10.1 Å². The summed E-state index contributed by atoms with van der Waals surface area (Å²) < 4.78 is 1.18. The van der Waals surface area contributed by atoms with Crippen molar-refractivity contribution >= 4 is 21.7 Å². The minimum atomic E-state index is -1.55. The predicted octanol–water partition coefficient (Wildman–Crippen LogP) is 3.92. The molecule has 4 rings (SSSR count). The van der Waals surface area contributed by atoms with Crippen LogP contribution in [-0.4, -0.2) is 21.8 Å². The van der Waals surface area contributed by atoms with E-state index in [2.05, 4.69) is 29.8 Å². The van der Waals surface area contributed by atoms with Crippen LogP contribution in [0.4, 0.5) is 0 Å². The number of hydrogen-bond donors (Lipinski definition) is 2. The molecule has 0 amide bonds. The van der Waals surface area contributed by atoms with Crippen molar-refractivity contribution in [3.8, 4) is 0 Å². The molecule has 0 aromatic rings. The van der Waals surface area contributed by atoms with Crippen molar-refractivity contribution in [3.63, 3.8) is 0 Å². The molecule has 3 nitrogen and oxygen atoms in total. The van der Waals surface area contributed by atoms with Crippen molar-refractivity contribution in [2.75, 3.05) is 0 Å². The SMILES string of the molecule is C[C@]12CCC(O)(O)CC1=C(Br)C[C@@H]1[C@@H]2CC[C@]2(C)C(=O)CC[C@@H]12. The van der Waals surface area contributed by atoms with Crippen LogP contribution in [0.5, 0.6) is 0 Å². The summed E-state index contributed by atoms with van der Waals surface area (Å²) in [6.07, 6.45) is 6.56. The lowest BCUT2D eigenvalue weighted by Crippen LogP contribution is -2.52. The molecule has 4 heteroatoms. The Labute approximate surface area is 146 Å². The fourth-order valence-corrected chi connectivity index (χ4v) is 7.43. The van der Waals surface area contributed by atoms with Gasteiger partial charge in [-0.25, -0.2) is 0 Å². The fourth-order valence-electron chi connectivity index (χ4n) is 6.46. The second-order valence-corrected chi connectivity index (χ2v) is 9.92. The summed E-state index contributed by atoms with van der Waals surface area (Å²) in [7, 11) is 0. The third-order valence-corrected chi connectivity index (χ3v) is 8.70. The number of fused-ring (bicyclic) bond motifs is 5. The molecular formula is C19H27BrO3. The van der Waals surface area contributed by atoms with Crippen molar-refractivity contribution in [1.29, 1.82) is 0 Å². The van der Waals surface area contributed by atoms with E-state index in [0.29, 0.717) is 36.4 Å². The molecule has 4 aliphatic carbocycles. The third-order valence-electron chi connectivity index (χ3n) is 7.90. The van der Waals surface area contributed by atoms with Crippen LogP contribution in [0, 0.1) is 28.6 Å². The summed E-state index contributed by atoms with van der Waals surface area (Å²) >= 11 is 3.78. The third kappa shape index (κ3) is 2.17. The molecule has 0 bridgehead atoms. The van der Waals surface area contributed by atoms with Crippen LogP contribution in [0.1, 0.15) is 65.2 Å². The van der Waals surface area contributed by atoms with E-state index in [1.54, 1.807) is 0 Å². The van der Waals surface area contributed by atoms with E-state index in [1.165, 1.54) is 10.1 Å². The van der Waals surface area contributed by atoms with E-state index >= 15 is 0 Å². The number of rotatable bonds is 0. The molecule has 0 heterocycles. The summed E-state index contributed by atoms with van der Waals surface area (Å²) in [5, 5.41) is 20.2. The van der Waals surface area contributed by atoms with E-state index in [9.17, 15) is 15.0 Å². The lowest BCUT2D eigenvalue weighted by molar-refractivity contribution is -0.188. The predicted molar refractivity (Wildman–Crippen MR) is 91.7 cm³/mol. The molecular weight excluding hydrogens is 356 g/mol. The molecule has 4 aliphatic rings. The first kappa shape index (κ1) is 16.3. The van der Waals surface area contributed by atoms with Crippen LogP contribution in [-0.2, 0) is 4.79 Å². The second kappa shape index (κ2) is 4.92. The van der Waals surface area contributed by atoms with E-state index in [0.717, 1.165) is 38.5 Å². The minimum Gasteiger partial charge on any atom is -0.365 e. The number of Topliss-reactive ketones (excluding diaryl/α,β-unsaturated/α-hetero) is 1. The number of allylic oxidation sites excluding steroid dienone is 1. The maximum absolute atomic E-state index is 12.4. The highest BCUT2D eigenvalue weighted by Gasteiger charge is 2.60. The van der Waals surface area contributed by atoms with Gasteiger partial charge in [0.2, 0.25) is 0 Å².